The van der Waals surface area contributed by atoms with E-state index in [0.717, 1.165) is 0 Å². The average molecular weight is 320 g/mol. The molecule has 0 aliphatic rings. The van der Waals surface area contributed by atoms with Gasteiger partial charge in [0.15, 0.2) is 14.9 Å². The number of rotatable bonds is 6. The van der Waals surface area contributed by atoms with Crippen LogP contribution in [0.2, 0.25) is 0 Å². The largest absolute Gasteiger partial charge is 0.497 e. The second kappa shape index (κ2) is 6.44. The number of methoxy groups -OCH3 is 1. The first-order chi connectivity index (χ1) is 10.4. The van der Waals surface area contributed by atoms with Crippen molar-refractivity contribution in [3.63, 3.8) is 0 Å². The van der Waals surface area contributed by atoms with Crippen molar-refractivity contribution in [3.05, 3.63) is 36.5 Å². The fraction of sp³-hybridized carbons (Fsp3) is 0.375. The zero-order chi connectivity index (χ0) is 16.3. The lowest BCUT2D eigenvalue weighted by Crippen LogP contribution is -2.18. The molecule has 0 saturated heterocycles. The number of aryl methyl sites for hydroxylation is 1. The fourth-order valence-corrected chi connectivity index (χ4v) is 3.18. The van der Waals surface area contributed by atoms with Gasteiger partial charge in [-0.25, -0.2) is 18.4 Å². The smallest absolute Gasteiger partial charge is 0.199 e. The van der Waals surface area contributed by atoms with E-state index in [0.29, 0.717) is 35.3 Å². The highest BCUT2D eigenvalue weighted by Gasteiger charge is 2.26. The highest BCUT2D eigenvalue weighted by Crippen LogP contribution is 2.24. The van der Waals surface area contributed by atoms with Crippen molar-refractivity contribution in [1.29, 1.82) is 0 Å². The molecule has 1 aromatic carbocycles. The van der Waals surface area contributed by atoms with E-state index in [2.05, 4.69) is 16.5 Å². The third-order valence-corrected chi connectivity index (χ3v) is 5.49. The van der Waals surface area contributed by atoms with Gasteiger partial charge in [-0.15, -0.1) is 6.58 Å². The Morgan fingerprint density at radius 1 is 1.27 bits per heavy atom. The lowest BCUT2D eigenvalue weighted by atomic mass is 10.2. The molecule has 2 rings (SSSR count). The molecule has 118 valence electrons. The lowest BCUT2D eigenvalue weighted by Gasteiger charge is -2.12. The van der Waals surface area contributed by atoms with Crippen LogP contribution in [0.25, 0.3) is 11.0 Å². The number of hydrogen-bond acceptors (Lipinski definition) is 5. The molecule has 0 radical (unpaired) electrons. The van der Waals surface area contributed by atoms with Crippen molar-refractivity contribution in [2.45, 2.75) is 37.0 Å². The summed E-state index contributed by atoms with van der Waals surface area (Å²) >= 11 is 0. The summed E-state index contributed by atoms with van der Waals surface area (Å²) in [6, 6.07) is 5.26. The van der Waals surface area contributed by atoms with Crippen LogP contribution in [0.1, 0.15) is 26.0 Å². The van der Waals surface area contributed by atoms with Crippen LogP contribution in [0.3, 0.4) is 0 Å². The highest BCUT2D eigenvalue weighted by molar-refractivity contribution is 7.92. The van der Waals surface area contributed by atoms with Gasteiger partial charge >= 0.3 is 0 Å². The van der Waals surface area contributed by atoms with Crippen molar-refractivity contribution >= 4 is 20.9 Å². The van der Waals surface area contributed by atoms with Gasteiger partial charge in [0, 0.05) is 6.07 Å². The molecule has 1 aromatic heterocycles. The van der Waals surface area contributed by atoms with Gasteiger partial charge in [-0.3, -0.25) is 0 Å². The SMILES string of the molecule is C=CCCc1nc2ccc(OC)cc2nc1S(=O)(=O)C(C)C. The molecule has 0 spiro atoms. The van der Waals surface area contributed by atoms with Gasteiger partial charge in [0.1, 0.15) is 5.75 Å². The Hall–Kier alpha value is -1.95. The van der Waals surface area contributed by atoms with Gasteiger partial charge < -0.3 is 4.74 Å². The molecule has 0 saturated carbocycles. The number of benzene rings is 1. The summed E-state index contributed by atoms with van der Waals surface area (Å²) in [5.74, 6) is 0.619. The molecule has 0 fully saturated rings. The maximum Gasteiger partial charge on any atom is 0.199 e. The molecule has 0 aliphatic heterocycles. The molecule has 0 bridgehead atoms. The summed E-state index contributed by atoms with van der Waals surface area (Å²) in [6.45, 7) is 6.96. The Bertz CT molecular complexity index is 798. The molecule has 0 amide bonds. The quantitative estimate of drug-likeness (QED) is 0.765. The van der Waals surface area contributed by atoms with Gasteiger partial charge in [0.2, 0.25) is 0 Å². The molecule has 0 unspecified atom stereocenters. The Kier molecular flexibility index (Phi) is 4.81. The minimum Gasteiger partial charge on any atom is -0.497 e. The first kappa shape index (κ1) is 16.4. The number of hydrogen-bond donors (Lipinski definition) is 0. The van der Waals surface area contributed by atoms with Crippen LogP contribution in [0.15, 0.2) is 35.9 Å². The van der Waals surface area contributed by atoms with Crippen LogP contribution < -0.4 is 4.74 Å². The van der Waals surface area contributed by atoms with Crippen LogP contribution in [0.4, 0.5) is 0 Å². The zero-order valence-electron chi connectivity index (χ0n) is 13.0. The van der Waals surface area contributed by atoms with Crippen LogP contribution >= 0.6 is 0 Å². The van der Waals surface area contributed by atoms with Gasteiger partial charge in [-0.2, -0.15) is 0 Å². The Morgan fingerprint density at radius 3 is 2.59 bits per heavy atom. The summed E-state index contributed by atoms with van der Waals surface area (Å²) in [7, 11) is -1.94. The Balaban J connectivity index is 2.70. The van der Waals surface area contributed by atoms with E-state index in [-0.39, 0.29) is 5.03 Å². The van der Waals surface area contributed by atoms with E-state index in [1.165, 1.54) is 0 Å². The van der Waals surface area contributed by atoms with E-state index in [1.807, 2.05) is 0 Å². The molecule has 0 N–H and O–H groups in total. The second-order valence-corrected chi connectivity index (χ2v) is 7.67. The number of aromatic nitrogens is 2. The summed E-state index contributed by atoms with van der Waals surface area (Å²) in [6.07, 6.45) is 2.89. The van der Waals surface area contributed by atoms with Crippen molar-refractivity contribution in [2.75, 3.05) is 7.11 Å². The number of ether oxygens (including phenoxy) is 1. The number of nitrogens with zero attached hydrogens (tertiary/aromatic N) is 2. The van der Waals surface area contributed by atoms with E-state index >= 15 is 0 Å². The Labute approximate surface area is 131 Å². The lowest BCUT2D eigenvalue weighted by molar-refractivity contribution is 0.415. The zero-order valence-corrected chi connectivity index (χ0v) is 13.9. The predicted molar refractivity (Wildman–Crippen MR) is 86.9 cm³/mol. The van der Waals surface area contributed by atoms with Gasteiger partial charge in [0.25, 0.3) is 0 Å². The monoisotopic (exact) mass is 320 g/mol. The molecule has 1 heterocycles. The maximum atomic E-state index is 12.6. The third kappa shape index (κ3) is 3.11. The van der Waals surface area contributed by atoms with Crippen molar-refractivity contribution in [3.8, 4) is 5.75 Å². The van der Waals surface area contributed by atoms with Crippen molar-refractivity contribution in [1.82, 2.24) is 9.97 Å². The second-order valence-electron chi connectivity index (χ2n) is 5.25. The van der Waals surface area contributed by atoms with Crippen LogP contribution in [0.5, 0.6) is 5.75 Å². The van der Waals surface area contributed by atoms with Crippen molar-refractivity contribution in [2.24, 2.45) is 0 Å². The molecule has 0 aliphatic carbocycles. The first-order valence-electron chi connectivity index (χ1n) is 7.09. The van der Waals surface area contributed by atoms with Gasteiger partial charge in [0.05, 0.1) is 29.1 Å². The summed E-state index contributed by atoms with van der Waals surface area (Å²) in [5.41, 5.74) is 1.66. The van der Waals surface area contributed by atoms with E-state index < -0.39 is 15.1 Å². The topological polar surface area (TPSA) is 69.2 Å². The molecular formula is C16H20N2O3S. The summed E-state index contributed by atoms with van der Waals surface area (Å²) in [5, 5.41) is -0.488. The molecule has 2 aromatic rings. The standard InChI is InChI=1S/C16H20N2O3S/c1-5-6-7-14-16(22(19,20)11(2)3)18-15-10-12(21-4)8-9-13(15)17-14/h5,8-11H,1,6-7H2,2-4H3. The van der Waals surface area contributed by atoms with Gasteiger partial charge in [-0.1, -0.05) is 6.08 Å². The van der Waals surface area contributed by atoms with Crippen LogP contribution in [-0.2, 0) is 16.3 Å². The highest BCUT2D eigenvalue weighted by atomic mass is 32.2. The average Bonchev–Trinajstić information content (AvgIpc) is 2.51. The molecule has 22 heavy (non-hydrogen) atoms. The molecular weight excluding hydrogens is 300 g/mol. The Morgan fingerprint density at radius 2 is 2.00 bits per heavy atom. The number of allylic oxidation sites excluding steroid dienone is 1. The van der Waals surface area contributed by atoms with E-state index in [4.69, 9.17) is 4.74 Å². The van der Waals surface area contributed by atoms with Gasteiger partial charge in [-0.05, 0) is 38.8 Å². The fourth-order valence-electron chi connectivity index (χ4n) is 2.03. The normalized spacial score (nSPS) is 11.8. The summed E-state index contributed by atoms with van der Waals surface area (Å²) < 4.78 is 30.3. The minimum atomic E-state index is -3.50. The maximum absolute atomic E-state index is 12.6. The van der Waals surface area contributed by atoms with Crippen LogP contribution in [0, 0.1) is 0 Å². The first-order valence-corrected chi connectivity index (χ1v) is 8.64. The summed E-state index contributed by atoms with van der Waals surface area (Å²) in [4.78, 5) is 8.86. The predicted octanol–water partition coefficient (Wildman–Crippen LogP) is 2.94. The number of sulfone groups is 1. The van der Waals surface area contributed by atoms with Crippen molar-refractivity contribution < 1.29 is 13.2 Å². The molecule has 0 atom stereocenters. The minimum absolute atomic E-state index is 0.0603. The van der Waals surface area contributed by atoms with E-state index in [9.17, 15) is 8.42 Å². The van der Waals surface area contributed by atoms with E-state index in [1.54, 1.807) is 45.2 Å². The molecule has 6 heteroatoms. The number of fused-ring (bicyclic) bond motifs is 1. The van der Waals surface area contributed by atoms with Crippen LogP contribution in [-0.4, -0.2) is 30.7 Å². The molecule has 5 nitrogen and oxygen atoms in total. The third-order valence-electron chi connectivity index (χ3n) is 3.38.